The van der Waals surface area contributed by atoms with Crippen LogP contribution in [0.5, 0.6) is 11.6 Å². The molecule has 2 unspecified atom stereocenters. The molecule has 0 N–H and O–H groups in total. The number of methoxy groups -OCH3 is 1. The molecule has 1 aromatic carbocycles. The lowest BCUT2D eigenvalue weighted by atomic mass is 10.1. The average molecular weight is 457 g/mol. The van der Waals surface area contributed by atoms with Crippen LogP contribution in [0.15, 0.2) is 60.8 Å². The Hall–Kier alpha value is -3.89. The van der Waals surface area contributed by atoms with Crippen molar-refractivity contribution >= 4 is 5.91 Å². The lowest BCUT2D eigenvalue weighted by Gasteiger charge is -2.29. The minimum Gasteiger partial charge on any atom is -0.496 e. The summed E-state index contributed by atoms with van der Waals surface area (Å²) in [5.41, 5.74) is -0.0664. The summed E-state index contributed by atoms with van der Waals surface area (Å²) in [6.45, 7) is 0.487. The number of carbonyl (C=O) groups is 1. The molecule has 1 aliphatic heterocycles. The normalized spacial score (nSPS) is 19.5. The molecule has 1 fully saturated rings. The summed E-state index contributed by atoms with van der Waals surface area (Å²) in [5.74, 6) is 0.702. The topological polar surface area (TPSA) is 82.4 Å². The van der Waals surface area contributed by atoms with Crippen LogP contribution >= 0.6 is 0 Å². The highest BCUT2D eigenvalue weighted by molar-refractivity contribution is 6.01. The zero-order valence-corrected chi connectivity index (χ0v) is 17.4. The Labute approximate surface area is 186 Å². The second-order valence-corrected chi connectivity index (χ2v) is 7.70. The largest absolute Gasteiger partial charge is 0.496 e. The van der Waals surface area contributed by atoms with Gasteiger partial charge in [-0.2, -0.15) is 28.2 Å². The van der Waals surface area contributed by atoms with Gasteiger partial charge in [0.05, 0.1) is 31.1 Å². The number of likely N-dealkylation sites (tertiary alicyclic amines) is 1. The third-order valence-corrected chi connectivity index (χ3v) is 5.68. The molecule has 1 saturated heterocycles. The average Bonchev–Trinajstić information content (AvgIpc) is 3.55. The Kier molecular flexibility index (Phi) is 5.03. The third-order valence-electron chi connectivity index (χ3n) is 5.68. The molecule has 11 heteroatoms. The molecule has 170 valence electrons. The first-order valence-electron chi connectivity index (χ1n) is 10.1. The van der Waals surface area contributed by atoms with Gasteiger partial charge >= 0.3 is 6.18 Å². The molecular weight excluding hydrogens is 439 g/mol. The van der Waals surface area contributed by atoms with Gasteiger partial charge in [0.2, 0.25) is 5.88 Å². The maximum absolute atomic E-state index is 13.6. The van der Waals surface area contributed by atoms with E-state index in [0.717, 1.165) is 12.3 Å². The number of alkyl halides is 3. The molecule has 2 aliphatic rings. The summed E-state index contributed by atoms with van der Waals surface area (Å²) in [6, 6.07) is 6.88. The number of ether oxygens (including phenoxy) is 2. The van der Waals surface area contributed by atoms with Gasteiger partial charge in [-0.1, -0.05) is 6.07 Å². The molecule has 0 radical (unpaired) electrons. The maximum Gasteiger partial charge on any atom is 0.417 e. The first-order valence-corrected chi connectivity index (χ1v) is 10.1. The van der Waals surface area contributed by atoms with Crippen molar-refractivity contribution in [3.63, 3.8) is 0 Å². The van der Waals surface area contributed by atoms with E-state index in [4.69, 9.17) is 9.47 Å². The van der Waals surface area contributed by atoms with Crippen LogP contribution in [0.4, 0.5) is 13.2 Å². The van der Waals surface area contributed by atoms with Crippen molar-refractivity contribution in [1.82, 2.24) is 24.9 Å². The fourth-order valence-corrected chi connectivity index (χ4v) is 4.21. The minimum absolute atomic E-state index is 0.0351. The molecule has 3 aromatic rings. The fourth-order valence-electron chi connectivity index (χ4n) is 4.21. The van der Waals surface area contributed by atoms with Gasteiger partial charge in [0.25, 0.3) is 5.91 Å². The summed E-state index contributed by atoms with van der Waals surface area (Å²) >= 11 is 0. The predicted octanol–water partition coefficient (Wildman–Crippen LogP) is 3.50. The molecule has 5 rings (SSSR count). The molecule has 3 heterocycles. The van der Waals surface area contributed by atoms with Crippen molar-refractivity contribution in [3.8, 4) is 17.3 Å². The van der Waals surface area contributed by atoms with E-state index in [1.165, 1.54) is 30.4 Å². The SMILES string of the molecule is COc1cccc(-n2nccn2)c1C(=O)N1CC2C=C(Oc3ccc(C(F)(F)F)cn3)C1C2. The van der Waals surface area contributed by atoms with Crippen molar-refractivity contribution in [2.45, 2.75) is 18.6 Å². The quantitative estimate of drug-likeness (QED) is 0.583. The first kappa shape index (κ1) is 21.0. The summed E-state index contributed by atoms with van der Waals surface area (Å²) in [4.78, 5) is 20.4. The van der Waals surface area contributed by atoms with Crippen LogP contribution in [0.2, 0.25) is 0 Å². The summed E-state index contributed by atoms with van der Waals surface area (Å²) in [7, 11) is 1.48. The molecule has 2 aromatic heterocycles. The Morgan fingerprint density at radius 2 is 1.94 bits per heavy atom. The highest BCUT2D eigenvalue weighted by Crippen LogP contribution is 2.40. The molecule has 1 aliphatic carbocycles. The van der Waals surface area contributed by atoms with Gasteiger partial charge in [-0.05, 0) is 30.7 Å². The summed E-state index contributed by atoms with van der Waals surface area (Å²) in [6.07, 6.45) is 1.83. The molecule has 1 amide bonds. The number of aromatic nitrogens is 4. The lowest BCUT2D eigenvalue weighted by molar-refractivity contribution is -0.137. The van der Waals surface area contributed by atoms with Crippen molar-refractivity contribution in [3.05, 3.63) is 71.9 Å². The number of pyridine rings is 1. The molecule has 0 spiro atoms. The van der Waals surface area contributed by atoms with Gasteiger partial charge in [-0.3, -0.25) is 4.79 Å². The van der Waals surface area contributed by atoms with Crippen molar-refractivity contribution < 1.29 is 27.4 Å². The van der Waals surface area contributed by atoms with Crippen LogP contribution in [0.3, 0.4) is 0 Å². The van der Waals surface area contributed by atoms with Crippen LogP contribution < -0.4 is 9.47 Å². The van der Waals surface area contributed by atoms with Crippen LogP contribution in [0.25, 0.3) is 5.69 Å². The maximum atomic E-state index is 13.6. The number of hydrogen-bond donors (Lipinski definition) is 0. The van der Waals surface area contributed by atoms with Crippen LogP contribution in [0.1, 0.15) is 22.3 Å². The lowest BCUT2D eigenvalue weighted by Crippen LogP contribution is -2.40. The van der Waals surface area contributed by atoms with Crippen molar-refractivity contribution in [2.75, 3.05) is 13.7 Å². The first-order chi connectivity index (χ1) is 15.8. The number of benzene rings is 1. The molecule has 8 nitrogen and oxygen atoms in total. The van der Waals surface area contributed by atoms with Crippen LogP contribution in [-0.2, 0) is 6.18 Å². The Balaban J connectivity index is 1.41. The fraction of sp³-hybridized carbons (Fsp3) is 0.273. The smallest absolute Gasteiger partial charge is 0.417 e. The second kappa shape index (κ2) is 7.91. The highest BCUT2D eigenvalue weighted by atomic mass is 19.4. The standard InChI is InChI=1S/C22H18F3N5O3/c1-32-17-4-2-3-15(30-27-7-8-28-30)20(17)21(31)29-12-13-9-16(29)18(10-13)33-19-6-5-14(11-26-19)22(23,24)25/h2-8,10-11,13,16H,9,12H2,1H3. The molecule has 0 saturated carbocycles. The van der Waals surface area contributed by atoms with Crippen LogP contribution in [-0.4, -0.2) is 50.5 Å². The number of carbonyl (C=O) groups excluding carboxylic acids is 1. The Bertz CT molecular complexity index is 1210. The molecule has 33 heavy (non-hydrogen) atoms. The molecule has 2 bridgehead atoms. The highest BCUT2D eigenvalue weighted by Gasteiger charge is 2.44. The number of halogens is 3. The summed E-state index contributed by atoms with van der Waals surface area (Å²) < 4.78 is 49.6. The van der Waals surface area contributed by atoms with E-state index < -0.39 is 11.7 Å². The molecular formula is C22H18F3N5O3. The third kappa shape index (κ3) is 3.79. The van der Waals surface area contributed by atoms with Gasteiger partial charge in [-0.25, -0.2) is 4.98 Å². The van der Waals surface area contributed by atoms with E-state index in [1.807, 2.05) is 6.08 Å². The van der Waals surface area contributed by atoms with Gasteiger partial charge < -0.3 is 14.4 Å². The number of hydrogen-bond acceptors (Lipinski definition) is 6. The van der Waals surface area contributed by atoms with Gasteiger partial charge in [0, 0.05) is 24.7 Å². The van der Waals surface area contributed by atoms with E-state index in [1.54, 1.807) is 23.1 Å². The Morgan fingerprint density at radius 1 is 1.15 bits per heavy atom. The number of fused-ring (bicyclic) bond motifs is 2. The zero-order valence-electron chi connectivity index (χ0n) is 17.4. The summed E-state index contributed by atoms with van der Waals surface area (Å²) in [5, 5.41) is 8.26. The number of rotatable bonds is 5. The zero-order chi connectivity index (χ0) is 23.2. The number of nitrogens with zero attached hydrogens (tertiary/aromatic N) is 5. The van der Waals surface area contributed by atoms with Gasteiger partial charge in [0.1, 0.15) is 22.8 Å². The monoisotopic (exact) mass is 457 g/mol. The van der Waals surface area contributed by atoms with Crippen molar-refractivity contribution in [2.24, 2.45) is 5.92 Å². The van der Waals surface area contributed by atoms with E-state index in [0.29, 0.717) is 35.7 Å². The predicted molar refractivity (Wildman–Crippen MR) is 109 cm³/mol. The van der Waals surface area contributed by atoms with Gasteiger partial charge in [0.15, 0.2) is 0 Å². The van der Waals surface area contributed by atoms with E-state index in [2.05, 4.69) is 15.2 Å². The number of amides is 1. The van der Waals surface area contributed by atoms with Crippen LogP contribution in [0, 0.1) is 5.92 Å². The minimum atomic E-state index is -4.48. The van der Waals surface area contributed by atoms with Crippen molar-refractivity contribution in [1.29, 1.82) is 0 Å². The second-order valence-electron chi connectivity index (χ2n) is 7.70. The van der Waals surface area contributed by atoms with E-state index in [9.17, 15) is 18.0 Å². The Morgan fingerprint density at radius 3 is 2.58 bits per heavy atom. The van der Waals surface area contributed by atoms with E-state index in [-0.39, 0.29) is 23.7 Å². The molecule has 2 atom stereocenters. The van der Waals surface area contributed by atoms with E-state index >= 15 is 0 Å². The van der Waals surface area contributed by atoms with Gasteiger partial charge in [-0.15, -0.1) is 0 Å².